The van der Waals surface area contributed by atoms with E-state index >= 15 is 0 Å². The number of benzene rings is 1. The van der Waals surface area contributed by atoms with Crippen LogP contribution in [-0.4, -0.2) is 17.4 Å². The number of phenols is 1. The number of anilines is 1. The highest BCUT2D eigenvalue weighted by Crippen LogP contribution is 2.24. The van der Waals surface area contributed by atoms with Crippen LogP contribution in [0.5, 0.6) is 5.75 Å². The Bertz CT molecular complexity index is 361. The Morgan fingerprint density at radius 3 is 2.62 bits per heavy atom. The topological polar surface area (TPSA) is 49.3 Å². The van der Waals surface area contributed by atoms with Gasteiger partial charge in [-0.3, -0.25) is 4.79 Å². The molecule has 1 aromatic rings. The highest BCUT2D eigenvalue weighted by molar-refractivity contribution is 5.96. The first-order valence-corrected chi connectivity index (χ1v) is 5.79. The van der Waals surface area contributed by atoms with Gasteiger partial charge < -0.3 is 10.4 Å². The summed E-state index contributed by atoms with van der Waals surface area (Å²) < 4.78 is 0. The normalized spacial score (nSPS) is 10.1. The van der Waals surface area contributed by atoms with Crippen molar-refractivity contribution in [3.8, 4) is 5.75 Å². The first-order valence-electron chi connectivity index (χ1n) is 5.79. The fraction of sp³-hybridized carbons (Fsp3) is 0.462. The van der Waals surface area contributed by atoms with Gasteiger partial charge in [-0.1, -0.05) is 13.8 Å². The first-order chi connectivity index (χ1) is 7.69. The van der Waals surface area contributed by atoms with Gasteiger partial charge in [0.25, 0.3) is 0 Å². The highest BCUT2D eigenvalue weighted by Gasteiger charge is 2.07. The molecule has 3 nitrogen and oxygen atoms in total. The van der Waals surface area contributed by atoms with Crippen LogP contribution in [0.15, 0.2) is 18.2 Å². The molecule has 0 amide bonds. The predicted molar refractivity (Wildman–Crippen MR) is 66.1 cm³/mol. The lowest BCUT2D eigenvalue weighted by atomic mass is 10.1. The molecule has 2 N–H and O–H groups in total. The quantitative estimate of drug-likeness (QED) is 0.573. The second-order valence-corrected chi connectivity index (χ2v) is 3.83. The van der Waals surface area contributed by atoms with Crippen molar-refractivity contribution in [3.63, 3.8) is 0 Å². The summed E-state index contributed by atoms with van der Waals surface area (Å²) in [5.74, 6) is 0.232. The van der Waals surface area contributed by atoms with E-state index in [1.807, 2.05) is 6.92 Å². The summed E-state index contributed by atoms with van der Waals surface area (Å²) in [4.78, 5) is 11.6. The number of ketones is 1. The van der Waals surface area contributed by atoms with Gasteiger partial charge in [0, 0.05) is 18.5 Å². The Morgan fingerprint density at radius 1 is 1.31 bits per heavy atom. The molecule has 0 spiro atoms. The van der Waals surface area contributed by atoms with Crippen LogP contribution in [-0.2, 0) is 0 Å². The zero-order chi connectivity index (χ0) is 12.0. The number of aromatic hydroxyl groups is 1. The molecule has 88 valence electrons. The molecule has 0 aliphatic rings. The van der Waals surface area contributed by atoms with Crippen molar-refractivity contribution in [2.45, 2.75) is 33.1 Å². The van der Waals surface area contributed by atoms with Gasteiger partial charge in [0.2, 0.25) is 0 Å². The number of Topliss-reactive ketones (excluding diaryl/α,β-unsaturated/α-hetero) is 1. The van der Waals surface area contributed by atoms with E-state index in [0.717, 1.165) is 19.4 Å². The molecule has 1 aromatic carbocycles. The fourth-order valence-electron chi connectivity index (χ4n) is 1.49. The zero-order valence-electron chi connectivity index (χ0n) is 9.92. The van der Waals surface area contributed by atoms with Gasteiger partial charge in [-0.05, 0) is 31.0 Å². The molecule has 0 fully saturated rings. The van der Waals surface area contributed by atoms with E-state index in [4.69, 9.17) is 0 Å². The van der Waals surface area contributed by atoms with E-state index in [1.165, 1.54) is 6.07 Å². The van der Waals surface area contributed by atoms with Crippen molar-refractivity contribution >= 4 is 11.5 Å². The zero-order valence-corrected chi connectivity index (χ0v) is 9.92. The molecule has 3 heteroatoms. The highest BCUT2D eigenvalue weighted by atomic mass is 16.3. The first kappa shape index (κ1) is 12.6. The Labute approximate surface area is 96.5 Å². The molecular formula is C13H19NO2. The molecule has 0 atom stereocenters. The second kappa shape index (κ2) is 6.16. The van der Waals surface area contributed by atoms with Crippen LogP contribution >= 0.6 is 0 Å². The molecule has 0 heterocycles. The Balaban J connectivity index is 2.78. The van der Waals surface area contributed by atoms with Crippen LogP contribution in [0.3, 0.4) is 0 Å². The molecule has 0 radical (unpaired) electrons. The number of carbonyl (C=O) groups is 1. The second-order valence-electron chi connectivity index (χ2n) is 3.83. The van der Waals surface area contributed by atoms with E-state index in [-0.39, 0.29) is 11.5 Å². The number of hydrogen-bond donors (Lipinski definition) is 2. The summed E-state index contributed by atoms with van der Waals surface area (Å²) >= 11 is 0. The number of rotatable bonds is 6. The van der Waals surface area contributed by atoms with Crippen LogP contribution in [0.1, 0.15) is 43.5 Å². The minimum atomic E-state index is 0.0832. The number of nitrogens with one attached hydrogen (secondary N) is 1. The molecule has 16 heavy (non-hydrogen) atoms. The van der Waals surface area contributed by atoms with E-state index in [9.17, 15) is 9.90 Å². The van der Waals surface area contributed by atoms with Gasteiger partial charge in [0.15, 0.2) is 5.78 Å². The minimum Gasteiger partial charge on any atom is -0.506 e. The van der Waals surface area contributed by atoms with Gasteiger partial charge in [-0.15, -0.1) is 0 Å². The van der Waals surface area contributed by atoms with E-state index in [0.29, 0.717) is 17.7 Å². The van der Waals surface area contributed by atoms with E-state index < -0.39 is 0 Å². The van der Waals surface area contributed by atoms with Gasteiger partial charge in [0.05, 0.1) is 5.69 Å². The summed E-state index contributed by atoms with van der Waals surface area (Å²) in [5.41, 5.74) is 1.27. The van der Waals surface area contributed by atoms with Crippen molar-refractivity contribution in [3.05, 3.63) is 23.8 Å². The summed E-state index contributed by atoms with van der Waals surface area (Å²) in [6.45, 7) is 4.84. The van der Waals surface area contributed by atoms with E-state index in [1.54, 1.807) is 12.1 Å². The molecular weight excluding hydrogens is 202 g/mol. The maximum atomic E-state index is 11.6. The van der Waals surface area contributed by atoms with Gasteiger partial charge in [-0.25, -0.2) is 0 Å². The third-order valence-corrected chi connectivity index (χ3v) is 2.36. The van der Waals surface area contributed by atoms with Gasteiger partial charge >= 0.3 is 0 Å². The van der Waals surface area contributed by atoms with Crippen molar-refractivity contribution in [2.75, 3.05) is 11.9 Å². The molecule has 0 saturated carbocycles. The summed E-state index contributed by atoms with van der Waals surface area (Å²) in [5, 5.41) is 12.8. The summed E-state index contributed by atoms with van der Waals surface area (Å²) in [6.07, 6.45) is 2.35. The predicted octanol–water partition coefficient (Wildman–Crippen LogP) is 3.20. The average Bonchev–Trinajstić information content (AvgIpc) is 2.27. The molecule has 0 saturated heterocycles. The lowest BCUT2D eigenvalue weighted by Crippen LogP contribution is -2.02. The lowest BCUT2D eigenvalue weighted by Gasteiger charge is -2.08. The summed E-state index contributed by atoms with van der Waals surface area (Å²) in [6, 6.07) is 5.06. The van der Waals surface area contributed by atoms with Crippen molar-refractivity contribution in [2.24, 2.45) is 0 Å². The van der Waals surface area contributed by atoms with Crippen molar-refractivity contribution < 1.29 is 9.90 Å². The molecule has 1 rings (SSSR count). The van der Waals surface area contributed by atoms with Crippen LogP contribution in [0.25, 0.3) is 0 Å². The lowest BCUT2D eigenvalue weighted by molar-refractivity contribution is 0.0981. The SMILES string of the molecule is CCCNc1ccc(C(=O)CCC)cc1O. The maximum absolute atomic E-state index is 11.6. The molecule has 0 aliphatic heterocycles. The van der Waals surface area contributed by atoms with Crippen LogP contribution in [0, 0.1) is 0 Å². The summed E-state index contributed by atoms with van der Waals surface area (Å²) in [7, 11) is 0. The fourth-order valence-corrected chi connectivity index (χ4v) is 1.49. The minimum absolute atomic E-state index is 0.0832. The molecule has 0 aromatic heterocycles. The molecule has 0 bridgehead atoms. The average molecular weight is 221 g/mol. The Morgan fingerprint density at radius 2 is 2.06 bits per heavy atom. The monoisotopic (exact) mass is 221 g/mol. The standard InChI is InChI=1S/C13H19NO2/c1-3-5-12(15)10-6-7-11(13(16)9-10)14-8-4-2/h6-7,9,14,16H,3-5,8H2,1-2H3. The third kappa shape index (κ3) is 3.26. The molecule has 0 aliphatic carbocycles. The Kier molecular flexibility index (Phi) is 4.83. The maximum Gasteiger partial charge on any atom is 0.163 e. The number of hydrogen-bond acceptors (Lipinski definition) is 3. The van der Waals surface area contributed by atoms with Crippen molar-refractivity contribution in [1.82, 2.24) is 0 Å². The van der Waals surface area contributed by atoms with Crippen molar-refractivity contribution in [1.29, 1.82) is 0 Å². The van der Waals surface area contributed by atoms with E-state index in [2.05, 4.69) is 12.2 Å². The van der Waals surface area contributed by atoms with Crippen LogP contribution in [0.2, 0.25) is 0 Å². The van der Waals surface area contributed by atoms with Gasteiger partial charge in [0.1, 0.15) is 5.75 Å². The van der Waals surface area contributed by atoms with Crippen LogP contribution < -0.4 is 5.32 Å². The largest absolute Gasteiger partial charge is 0.506 e. The number of phenolic OH excluding ortho intramolecular Hbond substituents is 1. The Hall–Kier alpha value is -1.51. The van der Waals surface area contributed by atoms with Gasteiger partial charge in [-0.2, -0.15) is 0 Å². The molecule has 0 unspecified atom stereocenters. The smallest absolute Gasteiger partial charge is 0.163 e. The third-order valence-electron chi connectivity index (χ3n) is 2.36. The number of carbonyl (C=O) groups excluding carboxylic acids is 1. The van der Waals surface area contributed by atoms with Crippen LogP contribution in [0.4, 0.5) is 5.69 Å².